The Hall–Kier alpha value is -6.43. The van der Waals surface area contributed by atoms with Crippen LogP contribution in [0.25, 0.3) is 93.6 Å². The van der Waals surface area contributed by atoms with Crippen LogP contribution in [0.4, 0.5) is 0 Å². The van der Waals surface area contributed by atoms with E-state index in [1.165, 1.54) is 40.2 Å². The van der Waals surface area contributed by atoms with E-state index in [1.54, 1.807) is 23.5 Å². The first-order valence-corrected chi connectivity index (χ1v) is 19.3. The summed E-state index contributed by atoms with van der Waals surface area (Å²) in [7, 11) is 0. The van der Waals surface area contributed by atoms with Crippen molar-refractivity contribution in [1.82, 2.24) is 14.5 Å². The smallest absolute Gasteiger partial charge is 0.135 e. The molecule has 0 fully saturated rings. The molecule has 0 aliphatic rings. The van der Waals surface area contributed by atoms with Crippen LogP contribution >= 0.6 is 11.3 Å². The summed E-state index contributed by atoms with van der Waals surface area (Å²) in [6.45, 7) is -4.34. The summed E-state index contributed by atoms with van der Waals surface area (Å²) < 4.78 is 53.2. The molecule has 0 saturated carbocycles. The summed E-state index contributed by atoms with van der Waals surface area (Å²) in [5, 5.41) is 7.03. The Morgan fingerprint density at radius 1 is 0.621 bits per heavy atom. The number of pyridine rings is 1. The second-order valence-electron chi connectivity index (χ2n) is 13.7. The molecule has 0 aliphatic heterocycles. The number of hydrogen-bond acceptors (Lipinski definition) is 4. The third kappa shape index (κ3) is 7.07. The van der Waals surface area contributed by atoms with E-state index in [0.29, 0.717) is 11.3 Å². The molecule has 1 radical (unpaired) electrons. The van der Waals surface area contributed by atoms with E-state index in [-0.39, 0.29) is 31.2 Å². The fraction of sp³-hybridized carbons (Fsp3) is 0.0385. The molecule has 4 nitrogen and oxygen atoms in total. The fourth-order valence-electron chi connectivity index (χ4n) is 7.25. The Kier molecular flexibility index (Phi) is 8.38. The van der Waals surface area contributed by atoms with Gasteiger partial charge >= 0.3 is 0 Å². The molecule has 11 rings (SSSR count). The van der Waals surface area contributed by atoms with Gasteiger partial charge in [0.2, 0.25) is 0 Å². The summed E-state index contributed by atoms with van der Waals surface area (Å²) in [5.74, 6) is 0.897. The van der Waals surface area contributed by atoms with Gasteiger partial charge in [0.15, 0.2) is 0 Å². The van der Waals surface area contributed by atoms with Gasteiger partial charge in [-0.25, -0.2) is 0 Å². The van der Waals surface area contributed by atoms with Crippen molar-refractivity contribution in [1.29, 1.82) is 0 Å². The van der Waals surface area contributed by atoms with Crippen LogP contribution in [0.15, 0.2) is 180 Å². The van der Waals surface area contributed by atoms with Gasteiger partial charge in [-0.2, -0.15) is 0 Å². The second-order valence-corrected chi connectivity index (χ2v) is 14.5. The third-order valence-corrected chi connectivity index (χ3v) is 11.0. The summed E-state index contributed by atoms with van der Waals surface area (Å²) in [4.78, 5) is 9.23. The van der Waals surface area contributed by atoms with Crippen molar-refractivity contribution in [2.45, 2.75) is 13.7 Å². The molecule has 0 spiro atoms. The molecule has 11 aromatic rings. The quantitative estimate of drug-likeness (QED) is 0.162. The normalized spacial score (nSPS) is 13.1. The van der Waals surface area contributed by atoms with E-state index >= 15 is 0 Å². The third-order valence-electron chi connectivity index (χ3n) is 10.1. The van der Waals surface area contributed by atoms with Crippen molar-refractivity contribution >= 4 is 54.4 Å². The molecule has 7 aromatic carbocycles. The molecule has 4 heterocycles. The summed E-state index contributed by atoms with van der Waals surface area (Å²) in [6.07, 6.45) is 1.30. The molecule has 6 heteroatoms. The monoisotopic (exact) mass is 948 g/mol. The molecular formula is C52H35IrN3OS-2. The van der Waals surface area contributed by atoms with Gasteiger partial charge < -0.3 is 14.0 Å². The van der Waals surface area contributed by atoms with Gasteiger partial charge in [-0.1, -0.05) is 132 Å². The molecule has 0 aliphatic carbocycles. The van der Waals surface area contributed by atoms with Gasteiger partial charge in [0.25, 0.3) is 0 Å². The Morgan fingerprint density at radius 3 is 2.12 bits per heavy atom. The number of aryl methyl sites for hydroxylation is 2. The van der Waals surface area contributed by atoms with Crippen molar-refractivity contribution in [3.05, 3.63) is 199 Å². The first kappa shape index (κ1) is 30.7. The average molecular weight is 948 g/mol. The number of hydrogen-bond donors (Lipinski definition) is 0. The summed E-state index contributed by atoms with van der Waals surface area (Å²) >= 11 is 1.64. The molecule has 58 heavy (non-hydrogen) atoms. The molecule has 281 valence electrons. The minimum Gasteiger partial charge on any atom is -0.456 e. The van der Waals surface area contributed by atoms with Crippen LogP contribution < -0.4 is 0 Å². The number of rotatable bonds is 5. The largest absolute Gasteiger partial charge is 0.456 e. The second kappa shape index (κ2) is 15.8. The van der Waals surface area contributed by atoms with Crippen LogP contribution in [0.2, 0.25) is 0 Å². The number of benzene rings is 7. The number of aromatic nitrogens is 3. The van der Waals surface area contributed by atoms with Crippen LogP contribution in [0.1, 0.15) is 19.4 Å². The van der Waals surface area contributed by atoms with Crippen molar-refractivity contribution < 1.29 is 32.7 Å². The van der Waals surface area contributed by atoms with Crippen LogP contribution in [0.3, 0.4) is 0 Å². The van der Waals surface area contributed by atoms with Crippen LogP contribution in [-0.2, 0) is 20.1 Å². The molecule has 4 aromatic heterocycles. The predicted octanol–water partition coefficient (Wildman–Crippen LogP) is 14.1. The van der Waals surface area contributed by atoms with Crippen LogP contribution in [-0.4, -0.2) is 14.5 Å². The van der Waals surface area contributed by atoms with E-state index in [1.807, 2.05) is 24.3 Å². The Balaban J connectivity index is 0.000000209. The molecule has 0 bridgehead atoms. The molecule has 0 unspecified atom stereocenters. The van der Waals surface area contributed by atoms with Crippen LogP contribution in [0.5, 0.6) is 0 Å². The van der Waals surface area contributed by atoms with E-state index in [0.717, 1.165) is 66.6 Å². The topological polar surface area (TPSA) is 43.9 Å². The zero-order chi connectivity index (χ0) is 43.3. The fourth-order valence-corrected chi connectivity index (χ4v) is 8.07. The molecule has 0 saturated heterocycles. The molecular weight excluding hydrogens is 907 g/mol. The predicted molar refractivity (Wildman–Crippen MR) is 237 cm³/mol. The van der Waals surface area contributed by atoms with Gasteiger partial charge in [-0.15, -0.1) is 40.8 Å². The van der Waals surface area contributed by atoms with Crippen molar-refractivity contribution in [2.75, 3.05) is 0 Å². The first-order valence-electron chi connectivity index (χ1n) is 21.5. The van der Waals surface area contributed by atoms with Crippen molar-refractivity contribution in [3.63, 3.8) is 0 Å². The average Bonchev–Trinajstić information content (AvgIpc) is 4.02. The number of para-hydroxylation sites is 3. The van der Waals surface area contributed by atoms with Crippen LogP contribution in [0, 0.1) is 25.2 Å². The van der Waals surface area contributed by atoms with Crippen molar-refractivity contribution in [2.24, 2.45) is 0 Å². The summed E-state index contributed by atoms with van der Waals surface area (Å²) in [5.41, 5.74) is 12.2. The molecule has 0 amide bonds. The number of furan rings is 1. The molecule has 0 atom stereocenters. The maximum Gasteiger partial charge on any atom is 0.135 e. The SMILES string of the molecule is [2H]C([2H])([2H])c1c[c-]c(-c2ccc(C([2H])([2H])[2H])cn2)cc1.[Ir].[c-]1sc2ccc(-c3ccc4oc5ccccc5c4c3)cc2c1-c1nc2ccccc2n1-c1ccc(-c2ccccc2)cc1. The maximum atomic E-state index is 7.28. The Labute approximate surface area is 362 Å². The van der Waals surface area contributed by atoms with Gasteiger partial charge in [-0.3, -0.25) is 16.3 Å². The Bertz CT molecular complexity index is 3360. The van der Waals surface area contributed by atoms with E-state index in [9.17, 15) is 0 Å². The van der Waals surface area contributed by atoms with Gasteiger partial charge in [0.05, 0.1) is 16.9 Å². The zero-order valence-corrected chi connectivity index (χ0v) is 33.9. The van der Waals surface area contributed by atoms with E-state index in [2.05, 4.69) is 136 Å². The summed E-state index contributed by atoms with van der Waals surface area (Å²) in [6, 6.07) is 59.4. The first-order chi connectivity index (χ1) is 30.5. The van der Waals surface area contributed by atoms with Gasteiger partial charge in [0, 0.05) is 51.0 Å². The number of thiophene rings is 1. The maximum absolute atomic E-state index is 7.28. The number of nitrogens with zero attached hydrogens (tertiary/aromatic N) is 3. The zero-order valence-electron chi connectivity index (χ0n) is 36.7. The number of fused-ring (bicyclic) bond motifs is 5. The number of imidazole rings is 1. The molecule has 0 N–H and O–H groups in total. The minimum absolute atomic E-state index is 0. The van der Waals surface area contributed by atoms with Gasteiger partial charge in [-0.05, 0) is 82.8 Å². The Morgan fingerprint density at radius 2 is 1.33 bits per heavy atom. The van der Waals surface area contributed by atoms with E-state index in [4.69, 9.17) is 17.6 Å². The minimum atomic E-state index is -2.18. The van der Waals surface area contributed by atoms with Gasteiger partial charge in [0.1, 0.15) is 11.2 Å². The standard InChI is InChI=1S/C39H23N2OS.C13H12N.Ir/c1-2-8-25(9-3-1)26-14-18-29(19-15-26)41-35-12-6-5-11-34(35)40-39(41)33-24-43-38-21-17-28(23-32(33)38)27-16-20-37-31(22-27)30-10-4-7-13-36(30)42-37;1-10-3-6-12(7-4-10)13-8-5-11(2)9-14-13;/h1-23H;3-6,8-9H,1-2H3;/q2*-1;/i;1D3,2D3;. The van der Waals surface area contributed by atoms with Crippen molar-refractivity contribution in [3.8, 4) is 50.6 Å². The van der Waals surface area contributed by atoms with E-state index < -0.39 is 13.7 Å².